The summed E-state index contributed by atoms with van der Waals surface area (Å²) in [5, 5.41) is 19.5. The number of thiazole rings is 1. The van der Waals surface area contributed by atoms with Crippen LogP contribution in [0.15, 0.2) is 42.5 Å². The molecule has 29 heavy (non-hydrogen) atoms. The molecule has 146 valence electrons. The van der Waals surface area contributed by atoms with E-state index in [-0.39, 0.29) is 23.3 Å². The minimum atomic E-state index is -0.467. The Morgan fingerprint density at radius 1 is 1.24 bits per heavy atom. The summed E-state index contributed by atoms with van der Waals surface area (Å²) in [5.41, 5.74) is 1.70. The first-order chi connectivity index (χ1) is 14.1. The summed E-state index contributed by atoms with van der Waals surface area (Å²) in [6, 6.07) is 12.2. The number of nitro benzene ring substituents is 1. The van der Waals surface area contributed by atoms with Crippen LogP contribution in [0.3, 0.4) is 0 Å². The Hall–Kier alpha value is -3.33. The highest BCUT2D eigenvalue weighted by atomic mass is 32.1. The van der Waals surface area contributed by atoms with E-state index in [1.165, 1.54) is 12.1 Å². The van der Waals surface area contributed by atoms with Crippen molar-refractivity contribution in [2.24, 2.45) is 0 Å². The third-order valence-corrected chi connectivity index (χ3v) is 6.46. The average molecular weight is 407 g/mol. The smallest absolute Gasteiger partial charge is 0.275 e. The van der Waals surface area contributed by atoms with E-state index in [1.54, 1.807) is 17.4 Å². The summed E-state index contributed by atoms with van der Waals surface area (Å²) in [7, 11) is 0. The average Bonchev–Trinajstić information content (AvgIpc) is 3.36. The highest BCUT2D eigenvalue weighted by Gasteiger charge is 2.33. The molecule has 2 aromatic carbocycles. The molecule has 0 bridgehead atoms. The number of likely N-dealkylation sites (tertiary alicyclic amines) is 1. The summed E-state index contributed by atoms with van der Waals surface area (Å²) in [6.45, 7) is 0.614. The lowest BCUT2D eigenvalue weighted by molar-refractivity contribution is -0.384. The van der Waals surface area contributed by atoms with Crippen molar-refractivity contribution in [3.05, 3.63) is 63.3 Å². The van der Waals surface area contributed by atoms with Gasteiger partial charge in [-0.3, -0.25) is 20.0 Å². The molecule has 0 radical (unpaired) electrons. The molecule has 5 rings (SSSR count). The first-order valence-electron chi connectivity index (χ1n) is 9.41. The van der Waals surface area contributed by atoms with E-state index < -0.39 is 4.92 Å². The van der Waals surface area contributed by atoms with E-state index in [2.05, 4.69) is 10.2 Å². The van der Waals surface area contributed by atoms with Crippen LogP contribution in [0.1, 0.15) is 40.8 Å². The molecule has 0 aliphatic carbocycles. The number of hydrogen-bond acceptors (Lipinski definition) is 6. The lowest BCUT2D eigenvalue weighted by Crippen LogP contribution is -2.38. The van der Waals surface area contributed by atoms with E-state index in [0.717, 1.165) is 34.5 Å². The number of nitrogens with zero attached hydrogens (tertiary/aromatic N) is 4. The van der Waals surface area contributed by atoms with E-state index in [0.29, 0.717) is 17.4 Å². The summed E-state index contributed by atoms with van der Waals surface area (Å²) in [4.78, 5) is 30.7. The third-order valence-electron chi connectivity index (χ3n) is 5.32. The lowest BCUT2D eigenvalue weighted by Gasteiger charge is -2.34. The van der Waals surface area contributed by atoms with Crippen LogP contribution in [0.25, 0.3) is 21.1 Å². The maximum Gasteiger partial charge on any atom is 0.275 e. The van der Waals surface area contributed by atoms with Gasteiger partial charge in [-0.2, -0.15) is 5.10 Å². The Kier molecular flexibility index (Phi) is 4.24. The largest absolute Gasteiger partial charge is 0.328 e. The van der Waals surface area contributed by atoms with Gasteiger partial charge in [0.2, 0.25) is 0 Å². The molecule has 0 unspecified atom stereocenters. The predicted octanol–water partition coefficient (Wildman–Crippen LogP) is 4.45. The molecule has 3 heterocycles. The fraction of sp³-hybridized carbons (Fsp3) is 0.250. The first-order valence-corrected chi connectivity index (χ1v) is 10.2. The number of H-pyrrole nitrogens is 1. The standard InChI is InChI=1S/C20H17N5O3S/c26-20(18-13-11-12(25(27)28)8-9-14(13)22-23-18)24-10-4-3-6-16(24)19-21-15-5-1-2-7-17(15)29-19/h1-2,5,7-9,11,16H,3-4,6,10H2,(H,22,23)/t16-/m0/s1. The third kappa shape index (κ3) is 3.03. The molecule has 1 fully saturated rings. The van der Waals surface area contributed by atoms with Gasteiger partial charge in [0, 0.05) is 24.1 Å². The second kappa shape index (κ2) is 6.93. The number of fused-ring (bicyclic) bond motifs is 2. The molecule has 1 aliphatic heterocycles. The summed E-state index contributed by atoms with van der Waals surface area (Å²) in [5.74, 6) is -0.222. The Bertz CT molecular complexity index is 1210. The maximum absolute atomic E-state index is 13.4. The molecule has 1 aliphatic rings. The number of piperidine rings is 1. The van der Waals surface area contributed by atoms with E-state index in [4.69, 9.17) is 4.98 Å². The van der Waals surface area contributed by atoms with Crippen LogP contribution in [0.5, 0.6) is 0 Å². The molecule has 4 aromatic rings. The number of aromatic nitrogens is 3. The molecular formula is C20H17N5O3S. The van der Waals surface area contributed by atoms with Gasteiger partial charge in [-0.25, -0.2) is 4.98 Å². The van der Waals surface area contributed by atoms with Gasteiger partial charge in [-0.1, -0.05) is 12.1 Å². The molecule has 9 heteroatoms. The minimum absolute atomic E-state index is 0.0608. The molecule has 0 saturated carbocycles. The quantitative estimate of drug-likeness (QED) is 0.399. The second-order valence-corrected chi connectivity index (χ2v) is 8.15. The number of benzene rings is 2. The van der Waals surface area contributed by atoms with Crippen LogP contribution >= 0.6 is 11.3 Å². The van der Waals surface area contributed by atoms with Crippen molar-refractivity contribution < 1.29 is 9.72 Å². The Morgan fingerprint density at radius 3 is 2.93 bits per heavy atom. The van der Waals surface area contributed by atoms with Gasteiger partial charge in [0.15, 0.2) is 5.69 Å². The number of para-hydroxylation sites is 1. The highest BCUT2D eigenvalue weighted by molar-refractivity contribution is 7.18. The molecule has 1 N–H and O–H groups in total. The number of carbonyl (C=O) groups is 1. The molecule has 0 spiro atoms. The van der Waals surface area contributed by atoms with Gasteiger partial charge in [0.05, 0.1) is 26.7 Å². The number of amides is 1. The number of hydrogen-bond donors (Lipinski definition) is 1. The van der Waals surface area contributed by atoms with Crippen LogP contribution in [-0.4, -0.2) is 37.5 Å². The van der Waals surface area contributed by atoms with Crippen LogP contribution in [0.4, 0.5) is 5.69 Å². The molecule has 2 aromatic heterocycles. The van der Waals surface area contributed by atoms with Crippen molar-refractivity contribution in [1.82, 2.24) is 20.1 Å². The lowest BCUT2D eigenvalue weighted by atomic mass is 10.0. The molecule has 1 saturated heterocycles. The fourth-order valence-corrected chi connectivity index (χ4v) is 4.99. The Balaban J connectivity index is 1.54. The number of nitro groups is 1. The first kappa shape index (κ1) is 17.7. The van der Waals surface area contributed by atoms with Crippen molar-refractivity contribution in [2.45, 2.75) is 25.3 Å². The van der Waals surface area contributed by atoms with E-state index in [9.17, 15) is 14.9 Å². The van der Waals surface area contributed by atoms with Crippen molar-refractivity contribution in [3.63, 3.8) is 0 Å². The van der Waals surface area contributed by atoms with Crippen LogP contribution in [0, 0.1) is 10.1 Å². The van der Waals surface area contributed by atoms with Crippen molar-refractivity contribution >= 4 is 44.1 Å². The van der Waals surface area contributed by atoms with Gasteiger partial charge in [0.1, 0.15) is 5.01 Å². The maximum atomic E-state index is 13.4. The number of rotatable bonds is 3. The van der Waals surface area contributed by atoms with Gasteiger partial charge in [0.25, 0.3) is 11.6 Å². The zero-order valence-corrected chi connectivity index (χ0v) is 16.2. The second-order valence-electron chi connectivity index (χ2n) is 7.09. The summed E-state index contributed by atoms with van der Waals surface area (Å²) in [6.07, 6.45) is 2.78. The molecule has 1 atom stereocenters. The fourth-order valence-electron chi connectivity index (χ4n) is 3.88. The van der Waals surface area contributed by atoms with Crippen LogP contribution in [0.2, 0.25) is 0 Å². The van der Waals surface area contributed by atoms with Crippen LogP contribution < -0.4 is 0 Å². The normalized spacial score (nSPS) is 17.1. The summed E-state index contributed by atoms with van der Waals surface area (Å²) >= 11 is 1.61. The number of aromatic amines is 1. The zero-order chi connectivity index (χ0) is 20.0. The topological polar surface area (TPSA) is 105 Å². The Labute approximate surface area is 169 Å². The Morgan fingerprint density at radius 2 is 2.10 bits per heavy atom. The SMILES string of the molecule is O=C(c1n[nH]c2ccc([N+](=O)[O-])cc12)N1CCCC[C@H]1c1nc2ccccc2s1. The number of nitrogens with one attached hydrogen (secondary N) is 1. The molecular weight excluding hydrogens is 390 g/mol. The zero-order valence-electron chi connectivity index (χ0n) is 15.4. The van der Waals surface area contributed by atoms with E-state index >= 15 is 0 Å². The monoisotopic (exact) mass is 407 g/mol. The van der Waals surface area contributed by atoms with Crippen LogP contribution in [-0.2, 0) is 0 Å². The minimum Gasteiger partial charge on any atom is -0.328 e. The van der Waals surface area contributed by atoms with E-state index in [1.807, 2.05) is 29.2 Å². The molecule has 8 nitrogen and oxygen atoms in total. The van der Waals surface area contributed by atoms with Gasteiger partial charge < -0.3 is 4.90 Å². The predicted molar refractivity (Wildman–Crippen MR) is 110 cm³/mol. The van der Waals surface area contributed by atoms with Gasteiger partial charge in [-0.05, 0) is 37.5 Å². The summed E-state index contributed by atoms with van der Waals surface area (Å²) < 4.78 is 1.10. The van der Waals surface area contributed by atoms with Crippen molar-refractivity contribution in [1.29, 1.82) is 0 Å². The van der Waals surface area contributed by atoms with Crippen molar-refractivity contribution in [2.75, 3.05) is 6.54 Å². The molecule has 1 amide bonds. The van der Waals surface area contributed by atoms with Gasteiger partial charge in [-0.15, -0.1) is 11.3 Å². The van der Waals surface area contributed by atoms with Crippen molar-refractivity contribution in [3.8, 4) is 0 Å². The number of non-ortho nitro benzene ring substituents is 1. The van der Waals surface area contributed by atoms with Gasteiger partial charge >= 0.3 is 0 Å². The number of carbonyl (C=O) groups excluding carboxylic acids is 1. The highest BCUT2D eigenvalue weighted by Crippen LogP contribution is 2.37.